The summed E-state index contributed by atoms with van der Waals surface area (Å²) in [5, 5.41) is 29.6. The number of rotatable bonds is 5. The van der Waals surface area contributed by atoms with Crippen LogP contribution in [-0.2, 0) is 15.5 Å². The monoisotopic (exact) mass is 473 g/mol. The van der Waals surface area contributed by atoms with Gasteiger partial charge in [-0.3, -0.25) is 0 Å². The van der Waals surface area contributed by atoms with Gasteiger partial charge in [-0.25, -0.2) is 18.1 Å². The standard InChI is InChI=1S/C21H29F2N3O3S2/c1-10-15(21(2,3)28)17(23)19(30-10)31(24,29)26-20(27)25-18-13-8-4-6-11(13)16(22)12-7-5-9-14(12)18/h11,13,20,25,27-28H,4-9H2,1-3H3,(H2,24,26,29). The molecule has 4 unspecified atom stereocenters. The highest BCUT2D eigenvalue weighted by Gasteiger charge is 2.42. The Morgan fingerprint density at radius 1 is 1.23 bits per heavy atom. The number of aryl methyl sites for hydroxylation is 1. The van der Waals surface area contributed by atoms with Gasteiger partial charge in [0, 0.05) is 28.0 Å². The predicted molar refractivity (Wildman–Crippen MR) is 116 cm³/mol. The van der Waals surface area contributed by atoms with Crippen LogP contribution in [0, 0.1) is 24.6 Å². The van der Waals surface area contributed by atoms with Crippen molar-refractivity contribution in [3.05, 3.63) is 38.9 Å². The summed E-state index contributed by atoms with van der Waals surface area (Å²) in [4.78, 5) is 0.443. The van der Waals surface area contributed by atoms with Gasteiger partial charge >= 0.3 is 0 Å². The van der Waals surface area contributed by atoms with Crippen LogP contribution < -0.4 is 10.5 Å². The third-order valence-electron chi connectivity index (χ3n) is 6.46. The molecule has 1 heterocycles. The highest BCUT2D eigenvalue weighted by atomic mass is 32.2. The fourth-order valence-electron chi connectivity index (χ4n) is 5.30. The maximum atomic E-state index is 15.0. The normalized spacial score (nSPS) is 26.6. The smallest absolute Gasteiger partial charge is 0.233 e. The molecule has 2 saturated carbocycles. The molecule has 0 aliphatic heterocycles. The summed E-state index contributed by atoms with van der Waals surface area (Å²) >= 11 is 0.857. The van der Waals surface area contributed by atoms with E-state index in [1.54, 1.807) is 6.92 Å². The van der Waals surface area contributed by atoms with E-state index >= 15 is 0 Å². The van der Waals surface area contributed by atoms with Crippen LogP contribution in [0.2, 0.25) is 0 Å². The maximum Gasteiger partial charge on any atom is 0.233 e. The second-order valence-corrected chi connectivity index (χ2v) is 12.3. The van der Waals surface area contributed by atoms with Gasteiger partial charge in [0.25, 0.3) is 0 Å². The molecule has 31 heavy (non-hydrogen) atoms. The molecule has 4 atom stereocenters. The number of fused-ring (bicyclic) bond motifs is 2. The van der Waals surface area contributed by atoms with Crippen LogP contribution in [0.3, 0.4) is 0 Å². The molecule has 0 bridgehead atoms. The Labute approximate surface area is 185 Å². The van der Waals surface area contributed by atoms with Gasteiger partial charge < -0.3 is 15.5 Å². The van der Waals surface area contributed by atoms with Crippen LogP contribution in [0.25, 0.3) is 0 Å². The zero-order valence-corrected chi connectivity index (χ0v) is 19.5. The molecule has 3 aliphatic carbocycles. The first kappa shape index (κ1) is 22.8. The quantitative estimate of drug-likeness (QED) is 0.483. The van der Waals surface area contributed by atoms with Gasteiger partial charge in [-0.05, 0) is 64.0 Å². The number of hydrogen-bond acceptors (Lipinski definition) is 6. The van der Waals surface area contributed by atoms with Crippen LogP contribution >= 0.6 is 11.3 Å². The lowest BCUT2D eigenvalue weighted by molar-refractivity contribution is 0.0742. The summed E-state index contributed by atoms with van der Waals surface area (Å²) in [6, 6.07) is 0. The number of aliphatic hydroxyl groups excluding tert-OH is 1. The Bertz CT molecular complexity index is 1090. The number of allylic oxidation sites excluding steroid dienone is 4. The second kappa shape index (κ2) is 7.91. The van der Waals surface area contributed by atoms with E-state index in [-0.39, 0.29) is 27.4 Å². The Balaban J connectivity index is 1.67. The average molecular weight is 474 g/mol. The molecule has 2 fully saturated rings. The fraction of sp³-hybridized carbons (Fsp3) is 0.619. The highest BCUT2D eigenvalue weighted by molar-refractivity contribution is 7.93. The van der Waals surface area contributed by atoms with Gasteiger partial charge in [-0.1, -0.05) is 6.42 Å². The minimum atomic E-state index is -3.77. The first-order valence-electron chi connectivity index (χ1n) is 10.5. The van der Waals surface area contributed by atoms with Crippen LogP contribution in [-0.4, -0.2) is 20.8 Å². The Hall–Kier alpha value is -1.33. The molecule has 0 spiro atoms. The van der Waals surface area contributed by atoms with Crippen molar-refractivity contribution in [2.75, 3.05) is 0 Å². The van der Waals surface area contributed by atoms with Crippen molar-refractivity contribution >= 4 is 21.3 Å². The van der Waals surface area contributed by atoms with E-state index < -0.39 is 27.7 Å². The number of nitrogens with two attached hydrogens (primary N) is 1. The maximum absolute atomic E-state index is 15.0. The number of hydrogen-bond donors (Lipinski definition) is 4. The van der Waals surface area contributed by atoms with Crippen molar-refractivity contribution in [2.24, 2.45) is 21.3 Å². The Kier molecular flexibility index (Phi) is 5.83. The first-order valence-corrected chi connectivity index (χ1v) is 12.9. The van der Waals surface area contributed by atoms with E-state index in [1.165, 1.54) is 13.8 Å². The fourth-order valence-corrected chi connectivity index (χ4v) is 7.99. The van der Waals surface area contributed by atoms with Crippen molar-refractivity contribution in [1.29, 1.82) is 0 Å². The Morgan fingerprint density at radius 3 is 2.52 bits per heavy atom. The molecule has 10 heteroatoms. The number of aliphatic hydroxyl groups is 2. The lowest BCUT2D eigenvalue weighted by Crippen LogP contribution is -2.35. The summed E-state index contributed by atoms with van der Waals surface area (Å²) in [5.74, 6) is -1.15. The van der Waals surface area contributed by atoms with Crippen molar-refractivity contribution < 1.29 is 23.2 Å². The SMILES string of the molecule is Cc1sc(S(N)(=O)=NC(O)NC2=C3CCCC3=C(F)C3CCCC23)c(F)c1C(C)(C)O. The minimum absolute atomic E-state index is 0.0190. The molecule has 0 radical (unpaired) electrons. The molecule has 0 saturated heterocycles. The zero-order valence-electron chi connectivity index (χ0n) is 17.9. The molecular weight excluding hydrogens is 444 g/mol. The molecular formula is C21H29F2N3O3S2. The predicted octanol–water partition coefficient (Wildman–Crippen LogP) is 4.08. The van der Waals surface area contributed by atoms with Crippen LogP contribution in [0.4, 0.5) is 8.78 Å². The second-order valence-electron chi connectivity index (χ2n) is 9.10. The van der Waals surface area contributed by atoms with Crippen molar-refractivity contribution in [2.45, 2.75) is 75.5 Å². The molecule has 3 aliphatic rings. The zero-order chi connectivity index (χ0) is 22.7. The molecule has 5 N–H and O–H groups in total. The number of thiophene rings is 1. The number of nitrogens with zero attached hydrogens (tertiary/aromatic N) is 1. The van der Waals surface area contributed by atoms with Crippen LogP contribution in [0.5, 0.6) is 0 Å². The third-order valence-corrected chi connectivity index (χ3v) is 9.52. The van der Waals surface area contributed by atoms with E-state index in [0.717, 1.165) is 53.9 Å². The first-order chi connectivity index (χ1) is 14.4. The van der Waals surface area contributed by atoms with Crippen LogP contribution in [0.1, 0.15) is 62.8 Å². The van der Waals surface area contributed by atoms with E-state index in [1.807, 2.05) is 0 Å². The molecule has 0 amide bonds. The van der Waals surface area contributed by atoms with Gasteiger partial charge in [0.05, 0.1) is 5.60 Å². The van der Waals surface area contributed by atoms with E-state index in [2.05, 4.69) is 9.68 Å². The largest absolute Gasteiger partial charge is 0.386 e. The van der Waals surface area contributed by atoms with Crippen molar-refractivity contribution in [1.82, 2.24) is 5.32 Å². The van der Waals surface area contributed by atoms with E-state index in [0.29, 0.717) is 17.7 Å². The number of nitrogens with one attached hydrogen (secondary N) is 1. The van der Waals surface area contributed by atoms with Gasteiger partial charge in [0.1, 0.15) is 5.83 Å². The van der Waals surface area contributed by atoms with Gasteiger partial charge in [-0.2, -0.15) is 4.36 Å². The van der Waals surface area contributed by atoms with E-state index in [9.17, 15) is 23.2 Å². The summed E-state index contributed by atoms with van der Waals surface area (Å²) in [6.45, 7) is 4.47. The van der Waals surface area contributed by atoms with Gasteiger partial charge in [-0.15, -0.1) is 11.3 Å². The summed E-state index contributed by atoms with van der Waals surface area (Å²) in [6.07, 6.45) is 3.07. The summed E-state index contributed by atoms with van der Waals surface area (Å²) in [7, 11) is -3.77. The Morgan fingerprint density at radius 2 is 1.87 bits per heavy atom. The molecule has 6 nitrogen and oxygen atoms in total. The molecule has 172 valence electrons. The molecule has 1 aromatic rings. The lowest BCUT2D eigenvalue weighted by atomic mass is 9.81. The van der Waals surface area contributed by atoms with Crippen molar-refractivity contribution in [3.63, 3.8) is 0 Å². The minimum Gasteiger partial charge on any atom is -0.386 e. The lowest BCUT2D eigenvalue weighted by Gasteiger charge is -2.31. The topological polar surface area (TPSA) is 108 Å². The highest BCUT2D eigenvalue weighted by Crippen LogP contribution is 2.51. The van der Waals surface area contributed by atoms with Crippen LogP contribution in [0.15, 0.2) is 31.2 Å². The van der Waals surface area contributed by atoms with Crippen molar-refractivity contribution in [3.8, 4) is 0 Å². The molecule has 4 rings (SSSR count). The number of halogens is 2. The molecule has 0 aromatic carbocycles. The summed E-state index contributed by atoms with van der Waals surface area (Å²) in [5.41, 5.74) is 0.895. The van der Waals surface area contributed by atoms with Gasteiger partial charge in [0.2, 0.25) is 6.35 Å². The van der Waals surface area contributed by atoms with Gasteiger partial charge in [0.15, 0.2) is 19.9 Å². The third kappa shape index (κ3) is 3.97. The summed E-state index contributed by atoms with van der Waals surface area (Å²) < 4.78 is 46.4. The average Bonchev–Trinajstić information content (AvgIpc) is 3.35. The molecule has 1 aromatic heterocycles. The van der Waals surface area contributed by atoms with E-state index in [4.69, 9.17) is 5.14 Å².